The molecule has 2 aliphatic rings. The standard InChI is InChI=1S/C9H17N3O/c13-10-12-7-5-11(6-8-12)9-3-1-2-4-9/h9H,1-8H2/i1D2,2D2,3D2,4D2,9D. The largest absolute Gasteiger partial charge is 0.297 e. The molecular weight excluding hydrogens is 166 g/mol. The van der Waals surface area contributed by atoms with Gasteiger partial charge < -0.3 is 0 Å². The normalized spacial score (nSPS) is 54.8. The van der Waals surface area contributed by atoms with E-state index in [1.54, 1.807) is 0 Å². The zero-order chi connectivity index (χ0) is 17.2. The number of nitroso groups, excluding NO2 is 1. The number of nitrogens with zero attached hydrogens (tertiary/aromatic N) is 3. The predicted molar refractivity (Wildman–Crippen MR) is 51.2 cm³/mol. The van der Waals surface area contributed by atoms with Crippen LogP contribution in [0.5, 0.6) is 0 Å². The lowest BCUT2D eigenvalue weighted by Gasteiger charge is -2.35. The van der Waals surface area contributed by atoms with Crippen molar-refractivity contribution < 1.29 is 12.3 Å². The molecule has 0 aromatic rings. The monoisotopic (exact) mass is 192 g/mol. The van der Waals surface area contributed by atoms with Crippen LogP contribution in [0.1, 0.15) is 37.8 Å². The van der Waals surface area contributed by atoms with Gasteiger partial charge in [0.1, 0.15) is 0 Å². The Morgan fingerprint density at radius 3 is 2.38 bits per heavy atom. The summed E-state index contributed by atoms with van der Waals surface area (Å²) in [5.41, 5.74) is 0. The molecule has 0 radical (unpaired) electrons. The molecule has 1 heterocycles. The summed E-state index contributed by atoms with van der Waals surface area (Å²) in [6.07, 6.45) is -12.6. The van der Waals surface area contributed by atoms with E-state index in [0.717, 1.165) is 9.91 Å². The van der Waals surface area contributed by atoms with Gasteiger partial charge >= 0.3 is 0 Å². The van der Waals surface area contributed by atoms with Crippen molar-refractivity contribution in [1.29, 1.82) is 0 Å². The molecule has 1 aliphatic carbocycles. The maximum atomic E-state index is 10.5. The Bertz CT molecular complexity index is 449. The molecule has 1 aliphatic heterocycles. The van der Waals surface area contributed by atoms with E-state index in [9.17, 15) is 4.91 Å². The summed E-state index contributed by atoms with van der Waals surface area (Å²) in [5, 5.41) is 3.86. The van der Waals surface area contributed by atoms with E-state index in [-0.39, 0.29) is 26.2 Å². The van der Waals surface area contributed by atoms with Crippen molar-refractivity contribution >= 4 is 0 Å². The molecule has 1 saturated carbocycles. The highest BCUT2D eigenvalue weighted by Crippen LogP contribution is 2.24. The highest BCUT2D eigenvalue weighted by atomic mass is 16.3. The van der Waals surface area contributed by atoms with Gasteiger partial charge in [-0.05, 0) is 12.7 Å². The summed E-state index contributed by atoms with van der Waals surface area (Å²) >= 11 is 0. The van der Waals surface area contributed by atoms with Crippen molar-refractivity contribution in [2.45, 2.75) is 31.5 Å². The van der Waals surface area contributed by atoms with Gasteiger partial charge in [0, 0.05) is 31.4 Å². The first-order valence-electron chi connectivity index (χ1n) is 8.62. The van der Waals surface area contributed by atoms with Gasteiger partial charge in [0.15, 0.2) is 0 Å². The van der Waals surface area contributed by atoms with E-state index in [1.165, 1.54) is 0 Å². The molecule has 0 N–H and O–H groups in total. The smallest absolute Gasteiger partial charge is 0.0524 e. The van der Waals surface area contributed by atoms with Crippen molar-refractivity contribution in [3.8, 4) is 0 Å². The summed E-state index contributed by atoms with van der Waals surface area (Å²) in [6.45, 7) is -0.0780. The van der Waals surface area contributed by atoms with Crippen LogP contribution in [0.4, 0.5) is 0 Å². The molecule has 0 bridgehead atoms. The van der Waals surface area contributed by atoms with Crippen molar-refractivity contribution in [2.24, 2.45) is 5.29 Å². The van der Waals surface area contributed by atoms with Crippen LogP contribution in [0.3, 0.4) is 0 Å². The average Bonchev–Trinajstić information content (AvgIpc) is 2.49. The summed E-state index contributed by atoms with van der Waals surface area (Å²) < 4.78 is 71.3. The molecule has 13 heavy (non-hydrogen) atoms. The Morgan fingerprint density at radius 1 is 1.23 bits per heavy atom. The molecule has 4 nitrogen and oxygen atoms in total. The van der Waals surface area contributed by atoms with Gasteiger partial charge in [-0.3, -0.25) is 9.91 Å². The number of hydrogen-bond acceptors (Lipinski definition) is 3. The molecule has 2 rings (SSSR count). The topological polar surface area (TPSA) is 35.9 Å². The molecule has 0 aromatic heterocycles. The minimum absolute atomic E-state index is 0.0439. The maximum absolute atomic E-state index is 10.5. The molecule has 0 spiro atoms. The summed E-state index contributed by atoms with van der Waals surface area (Å²) in [7, 11) is 0. The van der Waals surface area contributed by atoms with Crippen LogP contribution in [0, 0.1) is 4.91 Å². The maximum Gasteiger partial charge on any atom is 0.0524 e. The third-order valence-electron chi connectivity index (χ3n) is 2.11. The fourth-order valence-corrected chi connectivity index (χ4v) is 1.37. The van der Waals surface area contributed by atoms with Crippen molar-refractivity contribution in [3.63, 3.8) is 0 Å². The number of hydrogen-bond donors (Lipinski definition) is 0. The SMILES string of the molecule is [2H]C1([2H])C([2H])([2H])C([2H])([2H])C([2H])(N2CCN(N=O)CC2)C1([2H])[2H]. The first-order valence-corrected chi connectivity index (χ1v) is 4.12. The van der Waals surface area contributed by atoms with Crippen molar-refractivity contribution in [2.75, 3.05) is 26.2 Å². The molecular formula is C9H17N3O. The molecule has 0 unspecified atom stereocenters. The quantitative estimate of drug-likeness (QED) is 0.617. The van der Waals surface area contributed by atoms with Gasteiger partial charge in [-0.15, -0.1) is 4.91 Å². The Morgan fingerprint density at radius 2 is 1.85 bits per heavy atom. The second kappa shape index (κ2) is 4.05. The Hall–Kier alpha value is -0.640. The Labute approximate surface area is 91.5 Å². The summed E-state index contributed by atoms with van der Waals surface area (Å²) in [6, 6.07) is -2.76. The first kappa shape index (κ1) is 3.19. The fourth-order valence-electron chi connectivity index (χ4n) is 1.37. The highest BCUT2D eigenvalue weighted by molar-refractivity contribution is 4.80. The predicted octanol–water partition coefficient (Wildman–Crippen LogP) is 1.23. The van der Waals surface area contributed by atoms with Gasteiger partial charge in [0.2, 0.25) is 0 Å². The molecule has 0 atom stereocenters. The van der Waals surface area contributed by atoms with Crippen molar-refractivity contribution in [1.82, 2.24) is 9.91 Å². The summed E-state index contributed by atoms with van der Waals surface area (Å²) in [4.78, 5) is 11.5. The molecule has 0 amide bonds. The van der Waals surface area contributed by atoms with E-state index in [2.05, 4.69) is 5.29 Å². The third kappa shape index (κ3) is 1.99. The molecule has 74 valence electrons. The number of rotatable bonds is 2. The van der Waals surface area contributed by atoms with Crippen LogP contribution in [0.25, 0.3) is 0 Å². The lowest BCUT2D eigenvalue weighted by atomic mass is 10.2. The van der Waals surface area contributed by atoms with Crippen LogP contribution in [0.2, 0.25) is 0 Å². The molecule has 4 heteroatoms. The Kier molecular flexibility index (Phi) is 0.993. The lowest BCUT2D eigenvalue weighted by Crippen LogP contribution is -2.47. The third-order valence-corrected chi connectivity index (χ3v) is 2.11. The second-order valence-corrected chi connectivity index (χ2v) is 2.87. The lowest BCUT2D eigenvalue weighted by molar-refractivity contribution is 0.0990. The van der Waals surface area contributed by atoms with Gasteiger partial charge in [-0.25, -0.2) is 0 Å². The van der Waals surface area contributed by atoms with Crippen LogP contribution in [-0.2, 0) is 0 Å². The first-order chi connectivity index (χ1) is 9.79. The number of piperazine rings is 1. The van der Waals surface area contributed by atoms with Gasteiger partial charge in [-0.2, -0.15) is 0 Å². The summed E-state index contributed by atoms with van der Waals surface area (Å²) in [5.74, 6) is 0. The second-order valence-electron chi connectivity index (χ2n) is 2.87. The minimum Gasteiger partial charge on any atom is -0.297 e. The van der Waals surface area contributed by atoms with E-state index in [0.29, 0.717) is 0 Å². The average molecular weight is 192 g/mol. The minimum atomic E-state index is -3.19. The van der Waals surface area contributed by atoms with E-state index in [4.69, 9.17) is 12.3 Å². The highest BCUT2D eigenvalue weighted by Gasteiger charge is 2.25. The fraction of sp³-hybridized carbons (Fsp3) is 1.00. The molecule has 1 saturated heterocycles. The Balaban J connectivity index is 2.50. The zero-order valence-corrected chi connectivity index (χ0v) is 7.08. The van der Waals surface area contributed by atoms with E-state index >= 15 is 0 Å². The van der Waals surface area contributed by atoms with Crippen LogP contribution in [0.15, 0.2) is 5.29 Å². The molecule has 2 fully saturated rings. The molecule has 0 aromatic carbocycles. The van der Waals surface area contributed by atoms with Gasteiger partial charge in [0.25, 0.3) is 0 Å². The zero-order valence-electron chi connectivity index (χ0n) is 16.1. The van der Waals surface area contributed by atoms with Gasteiger partial charge in [0.05, 0.1) is 18.4 Å². The van der Waals surface area contributed by atoms with Crippen molar-refractivity contribution in [3.05, 3.63) is 4.91 Å². The van der Waals surface area contributed by atoms with Gasteiger partial charge in [-0.1, -0.05) is 12.7 Å². The van der Waals surface area contributed by atoms with Crippen LogP contribution >= 0.6 is 0 Å². The van der Waals surface area contributed by atoms with E-state index in [1.807, 2.05) is 0 Å². The van der Waals surface area contributed by atoms with E-state index < -0.39 is 31.5 Å². The van der Waals surface area contributed by atoms with Crippen LogP contribution in [-0.4, -0.2) is 42.1 Å². The van der Waals surface area contributed by atoms with Crippen LogP contribution < -0.4 is 0 Å².